The van der Waals surface area contributed by atoms with Crippen molar-refractivity contribution in [2.45, 2.75) is 25.7 Å². The van der Waals surface area contributed by atoms with Gasteiger partial charge in [0.2, 0.25) is 0 Å². The van der Waals surface area contributed by atoms with E-state index in [0.29, 0.717) is 6.54 Å². The number of rotatable bonds is 3. The molecule has 0 fully saturated rings. The van der Waals surface area contributed by atoms with Gasteiger partial charge in [-0.15, -0.1) is 11.3 Å². The first-order valence-corrected chi connectivity index (χ1v) is 4.71. The average molecular weight is 170 g/mol. The van der Waals surface area contributed by atoms with E-state index in [1.807, 2.05) is 11.6 Å². The van der Waals surface area contributed by atoms with Crippen molar-refractivity contribution in [3.63, 3.8) is 0 Å². The molecule has 3 heteroatoms. The fourth-order valence-corrected chi connectivity index (χ4v) is 1.79. The number of nitrogens with zero attached hydrogens (tertiary/aromatic N) is 1. The molecular weight excluding hydrogens is 156 g/mol. The van der Waals surface area contributed by atoms with Crippen molar-refractivity contribution in [3.05, 3.63) is 16.6 Å². The van der Waals surface area contributed by atoms with Crippen LogP contribution >= 0.6 is 11.3 Å². The van der Waals surface area contributed by atoms with Crippen molar-refractivity contribution < 1.29 is 0 Å². The van der Waals surface area contributed by atoms with E-state index < -0.39 is 0 Å². The van der Waals surface area contributed by atoms with Gasteiger partial charge in [-0.3, -0.25) is 0 Å². The Bertz CT molecular complexity index is 202. The van der Waals surface area contributed by atoms with Gasteiger partial charge in [0.15, 0.2) is 0 Å². The van der Waals surface area contributed by atoms with Crippen LogP contribution in [0.1, 0.15) is 25.3 Å². The summed E-state index contributed by atoms with van der Waals surface area (Å²) in [5.74, 6) is 0. The fourth-order valence-electron chi connectivity index (χ4n) is 0.904. The van der Waals surface area contributed by atoms with Crippen LogP contribution in [0.5, 0.6) is 0 Å². The van der Waals surface area contributed by atoms with E-state index in [1.165, 1.54) is 0 Å². The van der Waals surface area contributed by atoms with Crippen LogP contribution in [-0.4, -0.2) is 11.5 Å². The molecule has 0 bridgehead atoms. The van der Waals surface area contributed by atoms with Crippen LogP contribution < -0.4 is 5.73 Å². The summed E-state index contributed by atoms with van der Waals surface area (Å²) < 4.78 is 0. The molecule has 0 saturated heterocycles. The van der Waals surface area contributed by atoms with Crippen LogP contribution in [-0.2, 0) is 5.41 Å². The van der Waals surface area contributed by atoms with Gasteiger partial charge in [-0.25, -0.2) is 4.98 Å². The van der Waals surface area contributed by atoms with Crippen LogP contribution in [0.4, 0.5) is 0 Å². The zero-order valence-corrected chi connectivity index (χ0v) is 7.82. The van der Waals surface area contributed by atoms with Crippen molar-refractivity contribution in [1.29, 1.82) is 0 Å². The third-order valence-corrected chi connectivity index (χ3v) is 3.26. The Balaban J connectivity index is 2.87. The van der Waals surface area contributed by atoms with Gasteiger partial charge in [0.25, 0.3) is 0 Å². The molecule has 0 aliphatic carbocycles. The van der Waals surface area contributed by atoms with E-state index in [1.54, 1.807) is 11.3 Å². The molecule has 11 heavy (non-hydrogen) atoms. The Hall–Kier alpha value is -0.410. The number of nitrogens with two attached hydrogens (primary N) is 1. The van der Waals surface area contributed by atoms with Crippen molar-refractivity contribution in [1.82, 2.24) is 4.98 Å². The standard InChI is InChI=1S/C8H14N2S/c1-3-8(2,6-9)7-10-4-5-11-7/h4-5H,3,6,9H2,1-2H3. The Morgan fingerprint density at radius 1 is 1.73 bits per heavy atom. The summed E-state index contributed by atoms with van der Waals surface area (Å²) >= 11 is 1.69. The third kappa shape index (κ3) is 1.60. The van der Waals surface area contributed by atoms with Crippen LogP contribution in [0.25, 0.3) is 0 Å². The molecule has 0 aliphatic heterocycles. The summed E-state index contributed by atoms with van der Waals surface area (Å²) in [6.45, 7) is 4.98. The lowest BCUT2D eigenvalue weighted by atomic mass is 9.89. The summed E-state index contributed by atoms with van der Waals surface area (Å²) in [5.41, 5.74) is 5.77. The number of hydrogen-bond donors (Lipinski definition) is 1. The van der Waals surface area contributed by atoms with Gasteiger partial charge in [0.05, 0.1) is 5.01 Å². The third-order valence-electron chi connectivity index (χ3n) is 2.18. The molecule has 1 heterocycles. The molecule has 0 radical (unpaired) electrons. The molecule has 1 unspecified atom stereocenters. The summed E-state index contributed by atoms with van der Waals surface area (Å²) in [6.07, 6.45) is 2.89. The topological polar surface area (TPSA) is 38.9 Å². The molecule has 62 valence electrons. The number of hydrogen-bond acceptors (Lipinski definition) is 3. The normalized spacial score (nSPS) is 16.3. The van der Waals surface area contributed by atoms with E-state index in [9.17, 15) is 0 Å². The molecule has 2 nitrogen and oxygen atoms in total. The molecule has 1 aromatic rings. The average Bonchev–Trinajstić information content (AvgIpc) is 2.55. The molecule has 0 spiro atoms. The van der Waals surface area contributed by atoms with Crippen molar-refractivity contribution in [2.75, 3.05) is 6.54 Å². The Kier molecular flexibility index (Phi) is 2.62. The van der Waals surface area contributed by atoms with Gasteiger partial charge in [-0.05, 0) is 6.42 Å². The molecule has 1 aromatic heterocycles. The Labute approximate surface area is 71.5 Å². The first-order valence-electron chi connectivity index (χ1n) is 3.83. The van der Waals surface area contributed by atoms with E-state index in [0.717, 1.165) is 11.4 Å². The van der Waals surface area contributed by atoms with Crippen LogP contribution in [0.3, 0.4) is 0 Å². The SMILES string of the molecule is CCC(C)(CN)c1nccs1. The highest BCUT2D eigenvalue weighted by Gasteiger charge is 2.24. The minimum Gasteiger partial charge on any atom is -0.330 e. The smallest absolute Gasteiger partial charge is 0.0996 e. The summed E-state index contributed by atoms with van der Waals surface area (Å²) in [4.78, 5) is 4.27. The zero-order chi connectivity index (χ0) is 8.32. The summed E-state index contributed by atoms with van der Waals surface area (Å²) in [7, 11) is 0. The van der Waals surface area contributed by atoms with Gasteiger partial charge >= 0.3 is 0 Å². The highest BCUT2D eigenvalue weighted by atomic mass is 32.1. The second-order valence-electron chi connectivity index (χ2n) is 2.96. The minimum absolute atomic E-state index is 0.0914. The second-order valence-corrected chi connectivity index (χ2v) is 3.85. The van der Waals surface area contributed by atoms with Crippen molar-refractivity contribution in [2.24, 2.45) is 5.73 Å². The van der Waals surface area contributed by atoms with E-state index in [2.05, 4.69) is 18.8 Å². The maximum atomic E-state index is 5.68. The molecule has 0 amide bonds. The maximum absolute atomic E-state index is 5.68. The van der Waals surface area contributed by atoms with Crippen molar-refractivity contribution in [3.8, 4) is 0 Å². The lowest BCUT2D eigenvalue weighted by Gasteiger charge is -2.22. The predicted octanol–water partition coefficient (Wildman–Crippen LogP) is 1.77. The first kappa shape index (κ1) is 8.68. The monoisotopic (exact) mass is 170 g/mol. The van der Waals surface area contributed by atoms with Crippen LogP contribution in [0, 0.1) is 0 Å². The minimum atomic E-state index is 0.0914. The van der Waals surface area contributed by atoms with Gasteiger partial charge < -0.3 is 5.73 Å². The highest BCUT2D eigenvalue weighted by Crippen LogP contribution is 2.27. The molecular formula is C8H14N2S. The summed E-state index contributed by atoms with van der Waals surface area (Å²) in [6, 6.07) is 0. The molecule has 0 aliphatic rings. The van der Waals surface area contributed by atoms with E-state index in [-0.39, 0.29) is 5.41 Å². The largest absolute Gasteiger partial charge is 0.330 e. The highest BCUT2D eigenvalue weighted by molar-refractivity contribution is 7.09. The number of aromatic nitrogens is 1. The molecule has 0 saturated carbocycles. The Morgan fingerprint density at radius 3 is 2.82 bits per heavy atom. The van der Waals surface area contributed by atoms with Gasteiger partial charge in [-0.2, -0.15) is 0 Å². The molecule has 2 N–H and O–H groups in total. The lowest BCUT2D eigenvalue weighted by molar-refractivity contribution is 0.464. The predicted molar refractivity (Wildman–Crippen MR) is 48.8 cm³/mol. The van der Waals surface area contributed by atoms with E-state index in [4.69, 9.17) is 5.73 Å². The van der Waals surface area contributed by atoms with Crippen molar-refractivity contribution >= 4 is 11.3 Å². The van der Waals surface area contributed by atoms with Crippen LogP contribution in [0.15, 0.2) is 11.6 Å². The Morgan fingerprint density at radius 2 is 2.45 bits per heavy atom. The van der Waals surface area contributed by atoms with E-state index >= 15 is 0 Å². The second kappa shape index (κ2) is 3.32. The first-order chi connectivity index (χ1) is 5.23. The molecule has 1 atom stereocenters. The summed E-state index contributed by atoms with van der Waals surface area (Å²) in [5, 5.41) is 3.15. The quantitative estimate of drug-likeness (QED) is 0.751. The molecule has 0 aromatic carbocycles. The maximum Gasteiger partial charge on any atom is 0.0996 e. The van der Waals surface area contributed by atoms with Gasteiger partial charge in [-0.1, -0.05) is 13.8 Å². The zero-order valence-electron chi connectivity index (χ0n) is 7.00. The van der Waals surface area contributed by atoms with Crippen LogP contribution in [0.2, 0.25) is 0 Å². The fraction of sp³-hybridized carbons (Fsp3) is 0.625. The molecule has 1 rings (SSSR count). The lowest BCUT2D eigenvalue weighted by Crippen LogP contribution is -2.30. The number of thiazole rings is 1. The van der Waals surface area contributed by atoms with Gasteiger partial charge in [0.1, 0.15) is 0 Å². The van der Waals surface area contributed by atoms with Gasteiger partial charge in [0, 0.05) is 23.5 Å².